The number of nitrogens with zero attached hydrogens (tertiary/aromatic N) is 3. The number of hydrogen-bond donors (Lipinski definition) is 2. The lowest BCUT2D eigenvalue weighted by atomic mass is 10.0. The molecule has 2 amide bonds. The molecule has 1 unspecified atom stereocenters. The molecule has 9 heteroatoms. The summed E-state index contributed by atoms with van der Waals surface area (Å²) in [6, 6.07) is 12.5. The van der Waals surface area contributed by atoms with E-state index < -0.39 is 0 Å². The molecule has 3 aromatic rings. The quantitative estimate of drug-likeness (QED) is 0.383. The molecule has 34 heavy (non-hydrogen) atoms. The van der Waals surface area contributed by atoms with Gasteiger partial charge in [0.05, 0.1) is 22.4 Å². The average molecular weight is 500 g/mol. The molecule has 0 aliphatic heterocycles. The van der Waals surface area contributed by atoms with E-state index in [2.05, 4.69) is 26.9 Å². The van der Waals surface area contributed by atoms with Gasteiger partial charge in [-0.1, -0.05) is 55.4 Å². The third-order valence-corrected chi connectivity index (χ3v) is 6.55. The van der Waals surface area contributed by atoms with Crippen LogP contribution in [0.2, 0.25) is 5.02 Å². The predicted molar refractivity (Wildman–Crippen MR) is 137 cm³/mol. The van der Waals surface area contributed by atoms with Crippen molar-refractivity contribution in [2.45, 2.75) is 52.4 Å². The first-order valence-electron chi connectivity index (χ1n) is 11.2. The monoisotopic (exact) mass is 499 g/mol. The van der Waals surface area contributed by atoms with Crippen LogP contribution in [0.15, 0.2) is 47.6 Å². The normalized spacial score (nSPS) is 12.0. The molecule has 2 aromatic carbocycles. The van der Waals surface area contributed by atoms with E-state index in [4.69, 9.17) is 11.6 Å². The van der Waals surface area contributed by atoms with Gasteiger partial charge in [0.1, 0.15) is 0 Å². The number of hydrogen-bond acceptors (Lipinski definition) is 5. The SMILES string of the molecule is CCn1c(SCC(=O)Nc2cc(C)cc(C)c2)nnc1C(NC(=O)c1ccccc1Cl)C(C)C. The molecule has 0 radical (unpaired) electrons. The van der Waals surface area contributed by atoms with Gasteiger partial charge in [-0.2, -0.15) is 0 Å². The van der Waals surface area contributed by atoms with Crippen molar-refractivity contribution in [3.63, 3.8) is 0 Å². The molecule has 7 nitrogen and oxygen atoms in total. The fraction of sp³-hybridized carbons (Fsp3) is 0.360. The molecular formula is C25H30ClN5O2S. The predicted octanol–water partition coefficient (Wildman–Crippen LogP) is 5.43. The average Bonchev–Trinajstić information content (AvgIpc) is 3.17. The fourth-order valence-corrected chi connectivity index (χ4v) is 4.73. The summed E-state index contributed by atoms with van der Waals surface area (Å²) >= 11 is 7.52. The maximum absolute atomic E-state index is 12.9. The Balaban J connectivity index is 1.72. The zero-order valence-electron chi connectivity index (χ0n) is 20.1. The smallest absolute Gasteiger partial charge is 0.253 e. The third kappa shape index (κ3) is 6.39. The van der Waals surface area contributed by atoms with Gasteiger partial charge in [-0.15, -0.1) is 10.2 Å². The van der Waals surface area contributed by atoms with Crippen molar-refractivity contribution in [3.05, 3.63) is 70.0 Å². The van der Waals surface area contributed by atoms with Crippen LogP contribution in [0, 0.1) is 19.8 Å². The van der Waals surface area contributed by atoms with Gasteiger partial charge in [-0.3, -0.25) is 9.59 Å². The van der Waals surface area contributed by atoms with Gasteiger partial charge >= 0.3 is 0 Å². The van der Waals surface area contributed by atoms with Gasteiger partial charge in [-0.05, 0) is 62.1 Å². The second kappa shape index (κ2) is 11.5. The van der Waals surface area contributed by atoms with Crippen molar-refractivity contribution in [3.8, 4) is 0 Å². The van der Waals surface area contributed by atoms with Crippen molar-refractivity contribution in [2.24, 2.45) is 5.92 Å². The fourth-order valence-electron chi connectivity index (χ4n) is 3.70. The van der Waals surface area contributed by atoms with Crippen molar-refractivity contribution < 1.29 is 9.59 Å². The molecule has 0 saturated heterocycles. The highest BCUT2D eigenvalue weighted by atomic mass is 35.5. The zero-order valence-corrected chi connectivity index (χ0v) is 21.6. The highest BCUT2D eigenvalue weighted by Gasteiger charge is 2.26. The number of halogens is 1. The van der Waals surface area contributed by atoms with E-state index in [1.165, 1.54) is 11.8 Å². The molecule has 1 atom stereocenters. The van der Waals surface area contributed by atoms with Gasteiger partial charge in [0, 0.05) is 12.2 Å². The molecule has 1 aromatic heterocycles. The Kier molecular flexibility index (Phi) is 8.74. The number of amides is 2. The molecule has 0 bridgehead atoms. The lowest BCUT2D eigenvalue weighted by molar-refractivity contribution is -0.113. The minimum absolute atomic E-state index is 0.0617. The molecular weight excluding hydrogens is 470 g/mol. The maximum Gasteiger partial charge on any atom is 0.253 e. The summed E-state index contributed by atoms with van der Waals surface area (Å²) in [5.41, 5.74) is 3.38. The number of aromatic nitrogens is 3. The summed E-state index contributed by atoms with van der Waals surface area (Å²) in [5.74, 6) is 0.525. The molecule has 3 rings (SSSR count). The Morgan fingerprint density at radius 1 is 1.09 bits per heavy atom. The van der Waals surface area contributed by atoms with Crippen LogP contribution in [0.1, 0.15) is 54.1 Å². The van der Waals surface area contributed by atoms with Crippen LogP contribution in [-0.2, 0) is 11.3 Å². The summed E-state index contributed by atoms with van der Waals surface area (Å²) in [5, 5.41) is 15.7. The Morgan fingerprint density at radius 2 is 1.76 bits per heavy atom. The topological polar surface area (TPSA) is 88.9 Å². The maximum atomic E-state index is 12.9. The van der Waals surface area contributed by atoms with E-state index in [0.29, 0.717) is 28.1 Å². The second-order valence-corrected chi connectivity index (χ2v) is 9.82. The van der Waals surface area contributed by atoms with E-state index in [0.717, 1.165) is 16.8 Å². The van der Waals surface area contributed by atoms with Crippen LogP contribution in [0.4, 0.5) is 5.69 Å². The number of carbonyl (C=O) groups is 2. The molecule has 0 saturated carbocycles. The molecule has 2 N–H and O–H groups in total. The Labute approximate surface area is 209 Å². The first-order valence-corrected chi connectivity index (χ1v) is 12.5. The highest BCUT2D eigenvalue weighted by Crippen LogP contribution is 2.26. The number of aryl methyl sites for hydroxylation is 2. The first-order chi connectivity index (χ1) is 16.2. The van der Waals surface area contributed by atoms with Crippen molar-refractivity contribution in [1.29, 1.82) is 0 Å². The third-order valence-electron chi connectivity index (χ3n) is 5.25. The Hall–Kier alpha value is -2.84. The Morgan fingerprint density at radius 3 is 2.38 bits per heavy atom. The molecule has 0 fully saturated rings. The van der Waals surface area contributed by atoms with E-state index in [1.807, 2.05) is 51.3 Å². The summed E-state index contributed by atoms with van der Waals surface area (Å²) in [6.07, 6.45) is 0. The van der Waals surface area contributed by atoms with E-state index in [-0.39, 0.29) is 29.5 Å². The minimum Gasteiger partial charge on any atom is -0.342 e. The van der Waals surface area contributed by atoms with Crippen LogP contribution in [-0.4, -0.2) is 32.3 Å². The van der Waals surface area contributed by atoms with Crippen LogP contribution >= 0.6 is 23.4 Å². The van der Waals surface area contributed by atoms with Crippen molar-refractivity contribution >= 4 is 40.9 Å². The van der Waals surface area contributed by atoms with Crippen molar-refractivity contribution in [2.75, 3.05) is 11.1 Å². The van der Waals surface area contributed by atoms with E-state index in [9.17, 15) is 9.59 Å². The lowest BCUT2D eigenvalue weighted by Gasteiger charge is -2.22. The highest BCUT2D eigenvalue weighted by molar-refractivity contribution is 7.99. The van der Waals surface area contributed by atoms with Crippen LogP contribution in [0.3, 0.4) is 0 Å². The van der Waals surface area contributed by atoms with E-state index in [1.54, 1.807) is 24.3 Å². The second-order valence-electron chi connectivity index (χ2n) is 8.47. The summed E-state index contributed by atoms with van der Waals surface area (Å²) in [6.45, 7) is 10.6. The molecule has 0 aliphatic rings. The largest absolute Gasteiger partial charge is 0.342 e. The van der Waals surface area contributed by atoms with Gasteiger partial charge in [0.2, 0.25) is 5.91 Å². The number of nitrogens with one attached hydrogen (secondary N) is 2. The van der Waals surface area contributed by atoms with Gasteiger partial charge in [0.15, 0.2) is 11.0 Å². The number of benzene rings is 2. The standard InChI is InChI=1S/C25H30ClN5O2S/c1-6-31-23(22(15(2)3)28-24(33)19-9-7-8-10-20(19)26)29-30-25(31)34-14-21(32)27-18-12-16(4)11-17(5)13-18/h7-13,15,22H,6,14H2,1-5H3,(H,27,32)(H,28,33). The zero-order chi connectivity index (χ0) is 24.8. The van der Waals surface area contributed by atoms with Gasteiger partial charge < -0.3 is 15.2 Å². The van der Waals surface area contributed by atoms with Gasteiger partial charge in [0.25, 0.3) is 5.91 Å². The minimum atomic E-state index is -0.366. The number of anilines is 1. The molecule has 1 heterocycles. The lowest BCUT2D eigenvalue weighted by Crippen LogP contribution is -2.34. The van der Waals surface area contributed by atoms with Crippen LogP contribution in [0.25, 0.3) is 0 Å². The van der Waals surface area contributed by atoms with Crippen LogP contribution in [0.5, 0.6) is 0 Å². The Bertz CT molecular complexity index is 1160. The molecule has 180 valence electrons. The number of rotatable bonds is 9. The summed E-state index contributed by atoms with van der Waals surface area (Å²) < 4.78 is 1.94. The molecule has 0 spiro atoms. The van der Waals surface area contributed by atoms with Crippen LogP contribution < -0.4 is 10.6 Å². The van der Waals surface area contributed by atoms with E-state index >= 15 is 0 Å². The summed E-state index contributed by atoms with van der Waals surface area (Å²) in [7, 11) is 0. The van der Waals surface area contributed by atoms with Gasteiger partial charge in [-0.25, -0.2) is 0 Å². The molecule has 0 aliphatic carbocycles. The van der Waals surface area contributed by atoms with Crippen molar-refractivity contribution in [1.82, 2.24) is 20.1 Å². The number of carbonyl (C=O) groups excluding carboxylic acids is 2. The number of thioether (sulfide) groups is 1. The first kappa shape index (κ1) is 25.8. The summed E-state index contributed by atoms with van der Waals surface area (Å²) in [4.78, 5) is 25.4.